The van der Waals surface area contributed by atoms with Crippen LogP contribution in [0.5, 0.6) is 0 Å². The molecule has 0 rings (SSSR count). The van der Waals surface area contributed by atoms with Crippen LogP contribution in [0.2, 0.25) is 0 Å². The lowest BCUT2D eigenvalue weighted by atomic mass is 10.0. The monoisotopic (exact) mass is 159 g/mol. The van der Waals surface area contributed by atoms with E-state index in [4.69, 9.17) is 10.5 Å². The van der Waals surface area contributed by atoms with Gasteiger partial charge in [-0.1, -0.05) is 13.3 Å². The molecule has 0 bridgehead atoms. The van der Waals surface area contributed by atoms with E-state index in [2.05, 4.69) is 6.92 Å². The van der Waals surface area contributed by atoms with E-state index in [-0.39, 0.29) is 0 Å². The average Bonchev–Trinajstić information content (AvgIpc) is 2.05. The maximum atomic E-state index is 5.56. The van der Waals surface area contributed by atoms with Gasteiger partial charge >= 0.3 is 0 Å². The third kappa shape index (κ3) is 6.32. The Kier molecular flexibility index (Phi) is 7.96. The summed E-state index contributed by atoms with van der Waals surface area (Å²) < 4.78 is 5.23. The minimum absolute atomic E-state index is 0.704. The number of ether oxygens (including phenoxy) is 1. The van der Waals surface area contributed by atoms with Crippen LogP contribution in [0.1, 0.15) is 33.1 Å². The van der Waals surface area contributed by atoms with E-state index in [0.717, 1.165) is 26.2 Å². The Labute approximate surface area is 70.1 Å². The normalized spacial score (nSPS) is 13.4. The van der Waals surface area contributed by atoms with Crippen molar-refractivity contribution in [1.82, 2.24) is 0 Å². The molecule has 0 fully saturated rings. The van der Waals surface area contributed by atoms with Gasteiger partial charge in [-0.3, -0.25) is 0 Å². The Morgan fingerprint density at radius 3 is 2.55 bits per heavy atom. The van der Waals surface area contributed by atoms with Crippen LogP contribution in [0.3, 0.4) is 0 Å². The lowest BCUT2D eigenvalue weighted by molar-refractivity contribution is 0.139. The first-order valence-corrected chi connectivity index (χ1v) is 4.62. The predicted molar refractivity (Wildman–Crippen MR) is 48.6 cm³/mol. The molecule has 0 aromatic carbocycles. The summed E-state index contributed by atoms with van der Waals surface area (Å²) in [6.45, 7) is 6.77. The molecule has 2 N–H and O–H groups in total. The second-order valence-electron chi connectivity index (χ2n) is 2.85. The molecule has 0 spiro atoms. The van der Waals surface area contributed by atoms with Gasteiger partial charge in [0.25, 0.3) is 0 Å². The molecular weight excluding hydrogens is 138 g/mol. The van der Waals surface area contributed by atoms with E-state index in [1.807, 2.05) is 6.92 Å². The van der Waals surface area contributed by atoms with E-state index in [1.54, 1.807) is 0 Å². The second kappa shape index (κ2) is 8.02. The molecule has 1 atom stereocenters. The summed E-state index contributed by atoms with van der Waals surface area (Å²) in [4.78, 5) is 0. The van der Waals surface area contributed by atoms with Gasteiger partial charge < -0.3 is 10.5 Å². The molecule has 0 saturated heterocycles. The van der Waals surface area contributed by atoms with Crippen LogP contribution in [0.4, 0.5) is 0 Å². The van der Waals surface area contributed by atoms with Crippen LogP contribution >= 0.6 is 0 Å². The maximum absolute atomic E-state index is 5.56. The molecule has 0 aromatic rings. The van der Waals surface area contributed by atoms with Crippen LogP contribution in [0, 0.1) is 5.92 Å². The van der Waals surface area contributed by atoms with E-state index >= 15 is 0 Å². The van der Waals surface area contributed by atoms with Gasteiger partial charge in [0.15, 0.2) is 0 Å². The van der Waals surface area contributed by atoms with Gasteiger partial charge in [-0.15, -0.1) is 0 Å². The maximum Gasteiger partial charge on any atom is 0.0466 e. The first-order chi connectivity index (χ1) is 5.35. The zero-order chi connectivity index (χ0) is 8.53. The molecule has 0 amide bonds. The minimum atomic E-state index is 0.704. The molecule has 0 aliphatic carbocycles. The van der Waals surface area contributed by atoms with Gasteiger partial charge in [-0.25, -0.2) is 0 Å². The first kappa shape index (κ1) is 10.9. The third-order valence-corrected chi connectivity index (χ3v) is 2.02. The number of rotatable bonds is 7. The van der Waals surface area contributed by atoms with Crippen molar-refractivity contribution in [2.45, 2.75) is 33.1 Å². The van der Waals surface area contributed by atoms with Crippen molar-refractivity contribution in [1.29, 1.82) is 0 Å². The topological polar surface area (TPSA) is 35.2 Å². The van der Waals surface area contributed by atoms with Crippen LogP contribution < -0.4 is 5.73 Å². The van der Waals surface area contributed by atoms with E-state index in [1.165, 1.54) is 12.8 Å². The van der Waals surface area contributed by atoms with Gasteiger partial charge in [0.2, 0.25) is 0 Å². The highest BCUT2D eigenvalue weighted by molar-refractivity contribution is 4.56. The third-order valence-electron chi connectivity index (χ3n) is 2.02. The van der Waals surface area contributed by atoms with E-state index in [0.29, 0.717) is 5.92 Å². The average molecular weight is 159 g/mol. The zero-order valence-corrected chi connectivity index (χ0v) is 7.81. The molecule has 2 heteroatoms. The molecule has 0 saturated carbocycles. The van der Waals surface area contributed by atoms with E-state index < -0.39 is 0 Å². The lowest BCUT2D eigenvalue weighted by Gasteiger charge is -2.10. The molecule has 0 aliphatic rings. The molecule has 0 heterocycles. The number of hydrogen-bond acceptors (Lipinski definition) is 2. The molecule has 11 heavy (non-hydrogen) atoms. The summed E-state index contributed by atoms with van der Waals surface area (Å²) in [5.41, 5.74) is 5.56. The van der Waals surface area contributed by atoms with Gasteiger partial charge in [0.1, 0.15) is 0 Å². The summed E-state index contributed by atoms with van der Waals surface area (Å²) in [6, 6.07) is 0. The second-order valence-corrected chi connectivity index (χ2v) is 2.85. The summed E-state index contributed by atoms with van der Waals surface area (Å²) in [7, 11) is 0. The van der Waals surface area contributed by atoms with E-state index in [9.17, 15) is 0 Å². The predicted octanol–water partition coefficient (Wildman–Crippen LogP) is 1.79. The Hall–Kier alpha value is -0.0800. The van der Waals surface area contributed by atoms with Crippen LogP contribution in [-0.4, -0.2) is 19.8 Å². The minimum Gasteiger partial charge on any atom is -0.382 e. The van der Waals surface area contributed by atoms with Gasteiger partial charge in [-0.05, 0) is 32.2 Å². The van der Waals surface area contributed by atoms with Crippen LogP contribution in [-0.2, 0) is 4.74 Å². The highest BCUT2D eigenvalue weighted by Crippen LogP contribution is 2.08. The van der Waals surface area contributed by atoms with Gasteiger partial charge in [0, 0.05) is 13.2 Å². The Bertz CT molecular complexity index is 72.0. The Balaban J connectivity index is 3.07. The van der Waals surface area contributed by atoms with Crippen molar-refractivity contribution in [3.05, 3.63) is 0 Å². The van der Waals surface area contributed by atoms with Gasteiger partial charge in [0.05, 0.1) is 0 Å². The SMILES string of the molecule is CCOCCCC(CC)CN. The quantitative estimate of drug-likeness (QED) is 0.575. The fourth-order valence-electron chi connectivity index (χ4n) is 1.11. The zero-order valence-electron chi connectivity index (χ0n) is 7.81. The highest BCUT2D eigenvalue weighted by Gasteiger charge is 2.01. The van der Waals surface area contributed by atoms with Crippen molar-refractivity contribution in [2.24, 2.45) is 11.7 Å². The van der Waals surface area contributed by atoms with Crippen molar-refractivity contribution in [3.63, 3.8) is 0 Å². The van der Waals surface area contributed by atoms with Crippen molar-refractivity contribution >= 4 is 0 Å². The van der Waals surface area contributed by atoms with Crippen LogP contribution in [0.15, 0.2) is 0 Å². The molecule has 68 valence electrons. The molecule has 0 aliphatic heterocycles. The summed E-state index contributed by atoms with van der Waals surface area (Å²) in [5.74, 6) is 0.704. The lowest BCUT2D eigenvalue weighted by Crippen LogP contribution is -2.13. The van der Waals surface area contributed by atoms with Crippen molar-refractivity contribution in [2.75, 3.05) is 19.8 Å². The standard InChI is InChI=1S/C9H21NO/c1-3-9(8-10)6-5-7-11-4-2/h9H,3-8,10H2,1-2H3. The Morgan fingerprint density at radius 1 is 1.36 bits per heavy atom. The molecule has 0 aromatic heterocycles. The van der Waals surface area contributed by atoms with Crippen molar-refractivity contribution < 1.29 is 4.74 Å². The molecule has 1 unspecified atom stereocenters. The molecule has 2 nitrogen and oxygen atoms in total. The van der Waals surface area contributed by atoms with Gasteiger partial charge in [-0.2, -0.15) is 0 Å². The summed E-state index contributed by atoms with van der Waals surface area (Å²) in [5, 5.41) is 0. The fraction of sp³-hybridized carbons (Fsp3) is 1.00. The molecular formula is C9H21NO. The first-order valence-electron chi connectivity index (χ1n) is 4.62. The summed E-state index contributed by atoms with van der Waals surface area (Å²) in [6.07, 6.45) is 3.57. The number of hydrogen-bond donors (Lipinski definition) is 1. The summed E-state index contributed by atoms with van der Waals surface area (Å²) >= 11 is 0. The van der Waals surface area contributed by atoms with Crippen molar-refractivity contribution in [3.8, 4) is 0 Å². The largest absolute Gasteiger partial charge is 0.382 e. The Morgan fingerprint density at radius 2 is 2.09 bits per heavy atom. The highest BCUT2D eigenvalue weighted by atomic mass is 16.5. The fourth-order valence-corrected chi connectivity index (χ4v) is 1.11. The number of nitrogens with two attached hydrogens (primary N) is 1. The van der Waals surface area contributed by atoms with Crippen LogP contribution in [0.25, 0.3) is 0 Å². The molecule has 0 radical (unpaired) electrons. The smallest absolute Gasteiger partial charge is 0.0466 e.